The molecule has 0 fully saturated rings. The molecule has 0 aliphatic carbocycles. The third kappa shape index (κ3) is 5.18. The van der Waals surface area contributed by atoms with E-state index in [0.29, 0.717) is 16.3 Å². The van der Waals surface area contributed by atoms with Crippen molar-refractivity contribution in [2.75, 3.05) is 10.6 Å². The van der Waals surface area contributed by atoms with E-state index in [-0.39, 0.29) is 11.6 Å². The van der Waals surface area contributed by atoms with Crippen molar-refractivity contribution in [2.24, 2.45) is 0 Å². The highest BCUT2D eigenvalue weighted by Crippen LogP contribution is 2.16. The molecule has 0 spiro atoms. The Labute approximate surface area is 174 Å². The lowest BCUT2D eigenvalue weighted by Gasteiger charge is -2.09. The number of amides is 4. The summed E-state index contributed by atoms with van der Waals surface area (Å²) in [5.74, 6) is -3.77. The number of anilines is 2. The van der Waals surface area contributed by atoms with Crippen LogP contribution in [-0.4, -0.2) is 17.8 Å². The van der Waals surface area contributed by atoms with Gasteiger partial charge in [-0.1, -0.05) is 17.7 Å². The van der Waals surface area contributed by atoms with Crippen molar-refractivity contribution >= 4 is 40.8 Å². The van der Waals surface area contributed by atoms with Crippen LogP contribution >= 0.6 is 11.6 Å². The van der Waals surface area contributed by atoms with Gasteiger partial charge in [0.05, 0.1) is 0 Å². The van der Waals surface area contributed by atoms with E-state index >= 15 is 0 Å². The van der Waals surface area contributed by atoms with Gasteiger partial charge in [0.25, 0.3) is 11.8 Å². The fourth-order valence-electron chi connectivity index (χ4n) is 2.48. The number of hydrogen-bond donors (Lipinski definition) is 3. The van der Waals surface area contributed by atoms with E-state index in [0.717, 1.165) is 18.2 Å². The van der Waals surface area contributed by atoms with Gasteiger partial charge in [-0.25, -0.2) is 13.6 Å². The van der Waals surface area contributed by atoms with E-state index in [9.17, 15) is 23.2 Å². The van der Waals surface area contributed by atoms with Gasteiger partial charge in [0.2, 0.25) is 0 Å². The van der Waals surface area contributed by atoms with Crippen molar-refractivity contribution in [3.8, 4) is 0 Å². The normalized spacial score (nSPS) is 10.2. The Kier molecular flexibility index (Phi) is 6.38. The predicted molar refractivity (Wildman–Crippen MR) is 109 cm³/mol. The van der Waals surface area contributed by atoms with Crippen LogP contribution in [0.3, 0.4) is 0 Å². The summed E-state index contributed by atoms with van der Waals surface area (Å²) in [6.45, 7) is 0. The lowest BCUT2D eigenvalue weighted by atomic mass is 10.2. The molecule has 0 radical (unpaired) electrons. The molecular weight excluding hydrogens is 416 g/mol. The maximum Gasteiger partial charge on any atom is 0.326 e. The van der Waals surface area contributed by atoms with Gasteiger partial charge in [0.15, 0.2) is 0 Å². The van der Waals surface area contributed by atoms with Gasteiger partial charge in [0.1, 0.15) is 17.2 Å². The molecule has 30 heavy (non-hydrogen) atoms. The lowest BCUT2D eigenvalue weighted by Crippen LogP contribution is -2.35. The third-order valence-corrected chi connectivity index (χ3v) is 4.18. The molecular formula is C21H14ClF2N3O3. The fraction of sp³-hybridized carbons (Fsp3) is 0. The number of imide groups is 1. The third-order valence-electron chi connectivity index (χ3n) is 3.92. The first-order valence-electron chi connectivity index (χ1n) is 8.57. The molecule has 0 aromatic heterocycles. The molecule has 3 aromatic carbocycles. The molecule has 3 aromatic rings. The molecule has 0 saturated heterocycles. The summed E-state index contributed by atoms with van der Waals surface area (Å²) in [5, 5.41) is 7.41. The molecule has 9 heteroatoms. The smallest absolute Gasteiger partial charge is 0.322 e. The second kappa shape index (κ2) is 9.15. The lowest BCUT2D eigenvalue weighted by molar-refractivity contribution is 0.0957. The summed E-state index contributed by atoms with van der Waals surface area (Å²) < 4.78 is 27.2. The van der Waals surface area contributed by atoms with Crippen LogP contribution in [-0.2, 0) is 0 Å². The molecule has 0 unspecified atom stereocenters. The van der Waals surface area contributed by atoms with Gasteiger partial charge in [-0.2, -0.15) is 0 Å². The molecule has 0 saturated carbocycles. The van der Waals surface area contributed by atoms with Crippen LogP contribution in [0.2, 0.25) is 5.02 Å². The van der Waals surface area contributed by atoms with E-state index in [2.05, 4.69) is 10.6 Å². The summed E-state index contributed by atoms with van der Waals surface area (Å²) in [5.41, 5.74) is 0.282. The minimum atomic E-state index is -1.22. The van der Waals surface area contributed by atoms with Crippen LogP contribution in [0.4, 0.5) is 25.0 Å². The van der Waals surface area contributed by atoms with Crippen molar-refractivity contribution in [2.45, 2.75) is 0 Å². The van der Waals surface area contributed by atoms with Crippen molar-refractivity contribution in [1.82, 2.24) is 5.32 Å². The SMILES string of the molecule is O=C(NC(=O)c1c(F)cccc1F)Nc1ccc(C(=O)Nc2ccc(Cl)cc2)cc1. The first kappa shape index (κ1) is 20.9. The Morgan fingerprint density at radius 3 is 1.83 bits per heavy atom. The summed E-state index contributed by atoms with van der Waals surface area (Å²) >= 11 is 5.80. The van der Waals surface area contributed by atoms with Gasteiger partial charge in [-0.3, -0.25) is 14.9 Å². The Morgan fingerprint density at radius 2 is 1.23 bits per heavy atom. The number of benzene rings is 3. The zero-order chi connectivity index (χ0) is 21.7. The number of halogens is 3. The quantitative estimate of drug-likeness (QED) is 0.555. The number of rotatable bonds is 4. The van der Waals surface area contributed by atoms with Gasteiger partial charge >= 0.3 is 6.03 Å². The highest BCUT2D eigenvalue weighted by molar-refractivity contribution is 6.30. The topological polar surface area (TPSA) is 87.3 Å². The van der Waals surface area contributed by atoms with Crippen molar-refractivity contribution in [3.05, 3.63) is 94.5 Å². The highest BCUT2D eigenvalue weighted by atomic mass is 35.5. The molecule has 0 heterocycles. The summed E-state index contributed by atoms with van der Waals surface area (Å²) in [6.07, 6.45) is 0. The molecule has 6 nitrogen and oxygen atoms in total. The second-order valence-corrected chi connectivity index (χ2v) is 6.48. The molecule has 3 rings (SSSR count). The average Bonchev–Trinajstić information content (AvgIpc) is 2.70. The van der Waals surface area contributed by atoms with E-state index in [4.69, 9.17) is 11.6 Å². The number of hydrogen-bond acceptors (Lipinski definition) is 3. The fourth-order valence-corrected chi connectivity index (χ4v) is 2.61. The van der Waals surface area contributed by atoms with Gasteiger partial charge < -0.3 is 10.6 Å². The molecule has 4 amide bonds. The van der Waals surface area contributed by atoms with E-state index in [1.54, 1.807) is 24.3 Å². The maximum atomic E-state index is 13.6. The summed E-state index contributed by atoms with van der Waals surface area (Å²) in [6, 6.07) is 14.3. The van der Waals surface area contributed by atoms with Crippen LogP contribution in [0.15, 0.2) is 66.7 Å². The standard InChI is InChI=1S/C21H14ClF2N3O3/c22-13-6-10-14(11-7-13)25-19(28)12-4-8-15(9-5-12)26-21(30)27-20(29)18-16(23)2-1-3-17(18)24/h1-11H,(H,25,28)(H2,26,27,29,30). The molecule has 0 atom stereocenters. The Balaban J connectivity index is 1.59. The zero-order valence-electron chi connectivity index (χ0n) is 15.2. The molecule has 0 aliphatic heterocycles. The van der Waals surface area contributed by atoms with E-state index in [1.165, 1.54) is 24.3 Å². The second-order valence-electron chi connectivity index (χ2n) is 6.04. The van der Waals surface area contributed by atoms with Gasteiger partial charge in [-0.15, -0.1) is 0 Å². The number of carbonyl (C=O) groups excluding carboxylic acids is 3. The molecule has 152 valence electrons. The first-order valence-corrected chi connectivity index (χ1v) is 8.94. The Morgan fingerprint density at radius 1 is 0.700 bits per heavy atom. The van der Waals surface area contributed by atoms with Crippen molar-refractivity contribution in [3.63, 3.8) is 0 Å². The van der Waals surface area contributed by atoms with Crippen LogP contribution in [0.5, 0.6) is 0 Å². The summed E-state index contributed by atoms with van der Waals surface area (Å²) in [7, 11) is 0. The van der Waals surface area contributed by atoms with E-state index < -0.39 is 29.1 Å². The number of carbonyl (C=O) groups is 3. The van der Waals surface area contributed by atoms with Gasteiger partial charge in [-0.05, 0) is 60.7 Å². The van der Waals surface area contributed by atoms with Crippen LogP contribution in [0.25, 0.3) is 0 Å². The largest absolute Gasteiger partial charge is 0.326 e. The van der Waals surface area contributed by atoms with Gasteiger partial charge in [0, 0.05) is 22.0 Å². The predicted octanol–water partition coefficient (Wildman–Crippen LogP) is 4.83. The highest BCUT2D eigenvalue weighted by Gasteiger charge is 2.19. The average molecular weight is 430 g/mol. The zero-order valence-corrected chi connectivity index (χ0v) is 16.0. The first-order chi connectivity index (χ1) is 14.3. The summed E-state index contributed by atoms with van der Waals surface area (Å²) in [4.78, 5) is 36.1. The molecule has 0 bridgehead atoms. The maximum absolute atomic E-state index is 13.6. The molecule has 3 N–H and O–H groups in total. The number of urea groups is 1. The van der Waals surface area contributed by atoms with Crippen molar-refractivity contribution in [1.29, 1.82) is 0 Å². The number of nitrogens with one attached hydrogen (secondary N) is 3. The van der Waals surface area contributed by atoms with Crippen LogP contribution < -0.4 is 16.0 Å². The van der Waals surface area contributed by atoms with Crippen LogP contribution in [0, 0.1) is 11.6 Å². The minimum Gasteiger partial charge on any atom is -0.322 e. The Hall–Kier alpha value is -3.78. The molecule has 0 aliphatic rings. The van der Waals surface area contributed by atoms with Crippen molar-refractivity contribution < 1.29 is 23.2 Å². The Bertz CT molecular complexity index is 1080. The van der Waals surface area contributed by atoms with E-state index in [1.807, 2.05) is 5.32 Å². The van der Waals surface area contributed by atoms with Crippen LogP contribution in [0.1, 0.15) is 20.7 Å². The monoisotopic (exact) mass is 429 g/mol. The minimum absolute atomic E-state index is 0.261.